The summed E-state index contributed by atoms with van der Waals surface area (Å²) < 4.78 is 11.2. The molecule has 0 atom stereocenters. The number of carbonyl (C=O) groups excluding carboxylic acids is 1. The van der Waals surface area contributed by atoms with Crippen LogP contribution in [-0.2, 0) is 16.6 Å². The molecule has 6 heteroatoms. The third kappa shape index (κ3) is 3.53. The van der Waals surface area contributed by atoms with Crippen molar-refractivity contribution in [2.75, 3.05) is 5.32 Å². The predicted molar refractivity (Wildman–Crippen MR) is 112 cm³/mol. The van der Waals surface area contributed by atoms with E-state index in [1.54, 1.807) is 36.7 Å². The molecule has 0 unspecified atom stereocenters. The van der Waals surface area contributed by atoms with Gasteiger partial charge in [0.2, 0.25) is 5.91 Å². The standard InChI is InChI=1S/C23H22N2O4/c1-13-14-9-16-17(23(2,3)4)12-28-18(16)11-19(14)29-22(27)15(13)10-21(26)25-20-7-5-6-8-24-20/h5-9,11-12H,10H2,1-4H3,(H,24,25,26). The van der Waals surface area contributed by atoms with Gasteiger partial charge in [0, 0.05) is 28.6 Å². The second-order valence-electron chi connectivity index (χ2n) is 8.18. The lowest BCUT2D eigenvalue weighted by Crippen LogP contribution is -2.21. The van der Waals surface area contributed by atoms with E-state index in [-0.39, 0.29) is 17.7 Å². The second kappa shape index (κ2) is 6.88. The number of benzene rings is 1. The van der Waals surface area contributed by atoms with E-state index in [1.165, 1.54) is 0 Å². The predicted octanol–water partition coefficient (Wildman–Crippen LogP) is 4.72. The van der Waals surface area contributed by atoms with Gasteiger partial charge in [-0.05, 0) is 36.1 Å². The summed E-state index contributed by atoms with van der Waals surface area (Å²) in [7, 11) is 0. The van der Waals surface area contributed by atoms with Gasteiger partial charge in [0.25, 0.3) is 0 Å². The number of furan rings is 1. The molecule has 0 bridgehead atoms. The Hall–Kier alpha value is -3.41. The van der Waals surface area contributed by atoms with Gasteiger partial charge >= 0.3 is 5.63 Å². The summed E-state index contributed by atoms with van der Waals surface area (Å²) in [5, 5.41) is 4.48. The molecule has 0 aliphatic carbocycles. The fraction of sp³-hybridized carbons (Fsp3) is 0.261. The van der Waals surface area contributed by atoms with Crippen LogP contribution in [-0.4, -0.2) is 10.9 Å². The highest BCUT2D eigenvalue weighted by Gasteiger charge is 2.22. The van der Waals surface area contributed by atoms with Gasteiger partial charge in [-0.1, -0.05) is 26.8 Å². The molecule has 0 saturated heterocycles. The molecular formula is C23H22N2O4. The molecule has 0 saturated carbocycles. The van der Waals surface area contributed by atoms with Crippen LogP contribution in [0.25, 0.3) is 21.9 Å². The van der Waals surface area contributed by atoms with Crippen molar-refractivity contribution in [2.45, 2.75) is 39.5 Å². The van der Waals surface area contributed by atoms with E-state index in [9.17, 15) is 9.59 Å². The Labute approximate surface area is 167 Å². The number of amides is 1. The van der Waals surface area contributed by atoms with Crippen molar-refractivity contribution in [1.29, 1.82) is 0 Å². The van der Waals surface area contributed by atoms with Crippen molar-refractivity contribution >= 4 is 33.7 Å². The first kappa shape index (κ1) is 18.9. The van der Waals surface area contributed by atoms with Crippen LogP contribution in [0, 0.1) is 6.92 Å². The summed E-state index contributed by atoms with van der Waals surface area (Å²) in [5.74, 6) is 0.119. The molecule has 0 aliphatic heterocycles. The lowest BCUT2D eigenvalue weighted by molar-refractivity contribution is -0.115. The van der Waals surface area contributed by atoms with Gasteiger partial charge < -0.3 is 14.2 Å². The fourth-order valence-electron chi connectivity index (χ4n) is 3.48. The lowest BCUT2D eigenvalue weighted by Gasteiger charge is -2.16. The van der Waals surface area contributed by atoms with Crippen molar-refractivity contribution in [3.8, 4) is 0 Å². The largest absolute Gasteiger partial charge is 0.464 e. The zero-order valence-corrected chi connectivity index (χ0v) is 16.8. The quantitative estimate of drug-likeness (QED) is 0.512. The number of aryl methyl sites for hydroxylation is 1. The number of hydrogen-bond acceptors (Lipinski definition) is 5. The Balaban J connectivity index is 1.77. The molecule has 1 N–H and O–H groups in total. The van der Waals surface area contributed by atoms with E-state index in [1.807, 2.05) is 13.0 Å². The average molecular weight is 390 g/mol. The van der Waals surface area contributed by atoms with Crippen LogP contribution in [0.5, 0.6) is 0 Å². The molecule has 6 nitrogen and oxygen atoms in total. The van der Waals surface area contributed by atoms with Crippen molar-refractivity contribution in [2.24, 2.45) is 0 Å². The summed E-state index contributed by atoms with van der Waals surface area (Å²) in [6.07, 6.45) is 3.25. The molecule has 1 aromatic carbocycles. The Kier molecular flexibility index (Phi) is 4.49. The first-order valence-corrected chi connectivity index (χ1v) is 9.43. The first-order chi connectivity index (χ1) is 13.7. The fourth-order valence-corrected chi connectivity index (χ4v) is 3.48. The van der Waals surface area contributed by atoms with Gasteiger partial charge in [0.1, 0.15) is 17.0 Å². The Morgan fingerprint density at radius 3 is 2.62 bits per heavy atom. The number of anilines is 1. The molecular weight excluding hydrogens is 368 g/mol. The summed E-state index contributed by atoms with van der Waals surface area (Å²) in [4.78, 5) is 29.1. The van der Waals surface area contributed by atoms with Crippen molar-refractivity contribution < 1.29 is 13.6 Å². The minimum Gasteiger partial charge on any atom is -0.464 e. The minimum absolute atomic E-state index is 0.0871. The van der Waals surface area contributed by atoms with Crippen molar-refractivity contribution in [3.63, 3.8) is 0 Å². The number of rotatable bonds is 3. The van der Waals surface area contributed by atoms with Crippen LogP contribution in [0.15, 0.2) is 56.4 Å². The average Bonchev–Trinajstić information content (AvgIpc) is 3.08. The topological polar surface area (TPSA) is 85.3 Å². The van der Waals surface area contributed by atoms with Gasteiger partial charge in [-0.2, -0.15) is 0 Å². The van der Waals surface area contributed by atoms with Crippen molar-refractivity contribution in [3.05, 3.63) is 69.9 Å². The molecule has 0 aliphatic rings. The number of carbonyl (C=O) groups is 1. The van der Waals surface area contributed by atoms with E-state index < -0.39 is 5.63 Å². The normalized spacial score (nSPS) is 11.9. The molecule has 148 valence electrons. The SMILES string of the molecule is Cc1c(CC(=O)Nc2ccccn2)c(=O)oc2cc3occ(C(C)(C)C)c3cc12. The Morgan fingerprint density at radius 1 is 1.14 bits per heavy atom. The third-order valence-corrected chi connectivity index (χ3v) is 5.06. The minimum atomic E-state index is -0.520. The number of fused-ring (bicyclic) bond motifs is 2. The summed E-state index contributed by atoms with van der Waals surface area (Å²) in [5.41, 5.74) is 2.66. The molecule has 0 spiro atoms. The Morgan fingerprint density at radius 2 is 1.93 bits per heavy atom. The van der Waals surface area contributed by atoms with Crippen LogP contribution in [0.3, 0.4) is 0 Å². The van der Waals surface area contributed by atoms with Crippen LogP contribution in [0.2, 0.25) is 0 Å². The molecule has 4 rings (SSSR count). The summed E-state index contributed by atoms with van der Waals surface area (Å²) in [6, 6.07) is 8.96. The Bertz CT molecular complexity index is 1280. The molecule has 0 fully saturated rings. The van der Waals surface area contributed by atoms with Gasteiger partial charge in [-0.3, -0.25) is 4.79 Å². The zero-order chi connectivity index (χ0) is 20.8. The highest BCUT2D eigenvalue weighted by Crippen LogP contribution is 2.35. The lowest BCUT2D eigenvalue weighted by atomic mass is 9.86. The molecule has 3 heterocycles. The van der Waals surface area contributed by atoms with E-state index >= 15 is 0 Å². The summed E-state index contributed by atoms with van der Waals surface area (Å²) in [6.45, 7) is 8.19. The maximum Gasteiger partial charge on any atom is 0.340 e. The second-order valence-corrected chi connectivity index (χ2v) is 8.18. The number of nitrogens with zero attached hydrogens (tertiary/aromatic N) is 1. The highest BCUT2D eigenvalue weighted by molar-refractivity contribution is 5.98. The van der Waals surface area contributed by atoms with Crippen LogP contribution < -0.4 is 10.9 Å². The van der Waals surface area contributed by atoms with Crippen LogP contribution in [0.4, 0.5) is 5.82 Å². The van der Waals surface area contributed by atoms with E-state index in [0.29, 0.717) is 22.5 Å². The van der Waals surface area contributed by atoms with Crippen molar-refractivity contribution in [1.82, 2.24) is 4.98 Å². The van der Waals surface area contributed by atoms with E-state index in [4.69, 9.17) is 8.83 Å². The highest BCUT2D eigenvalue weighted by atomic mass is 16.4. The molecule has 1 amide bonds. The first-order valence-electron chi connectivity index (χ1n) is 9.43. The summed E-state index contributed by atoms with van der Waals surface area (Å²) >= 11 is 0. The number of pyridine rings is 1. The molecule has 29 heavy (non-hydrogen) atoms. The molecule has 4 aromatic rings. The monoisotopic (exact) mass is 390 g/mol. The van der Waals surface area contributed by atoms with Gasteiger partial charge in [-0.25, -0.2) is 9.78 Å². The molecule has 0 radical (unpaired) electrons. The van der Waals surface area contributed by atoms with Crippen LogP contribution in [0.1, 0.15) is 37.5 Å². The zero-order valence-electron chi connectivity index (χ0n) is 16.8. The van der Waals surface area contributed by atoms with Crippen LogP contribution >= 0.6 is 0 Å². The van der Waals surface area contributed by atoms with Gasteiger partial charge in [-0.15, -0.1) is 0 Å². The third-order valence-electron chi connectivity index (χ3n) is 5.06. The maximum atomic E-state index is 12.5. The molecule has 3 aromatic heterocycles. The van der Waals surface area contributed by atoms with Gasteiger partial charge in [0.15, 0.2) is 0 Å². The van der Waals surface area contributed by atoms with E-state index in [0.717, 1.165) is 21.9 Å². The number of hydrogen-bond donors (Lipinski definition) is 1. The maximum absolute atomic E-state index is 12.5. The number of nitrogens with one attached hydrogen (secondary N) is 1. The smallest absolute Gasteiger partial charge is 0.340 e. The van der Waals surface area contributed by atoms with E-state index in [2.05, 4.69) is 31.1 Å². The van der Waals surface area contributed by atoms with Gasteiger partial charge in [0.05, 0.1) is 18.2 Å². The number of aromatic nitrogens is 1.